The van der Waals surface area contributed by atoms with E-state index >= 15 is 0 Å². The second-order valence-corrected chi connectivity index (χ2v) is 3.39. The van der Waals surface area contributed by atoms with Crippen LogP contribution in [0.1, 0.15) is 13.3 Å². The van der Waals surface area contributed by atoms with Crippen LogP contribution in [0.15, 0.2) is 0 Å². The number of hydrogen-bond donors (Lipinski definition) is 1. The molecular formula is C10H16N2O5. The summed E-state index contributed by atoms with van der Waals surface area (Å²) in [5.74, 6) is -0.663. The van der Waals surface area contributed by atoms with Crippen LogP contribution in [0, 0.1) is 0 Å². The highest BCUT2D eigenvalue weighted by molar-refractivity contribution is 5.94. The lowest BCUT2D eigenvalue weighted by molar-refractivity contribution is -0.143. The van der Waals surface area contributed by atoms with E-state index in [1.165, 1.54) is 0 Å². The molecule has 0 spiro atoms. The zero-order valence-electron chi connectivity index (χ0n) is 9.73. The van der Waals surface area contributed by atoms with Crippen molar-refractivity contribution in [2.45, 2.75) is 13.3 Å². The van der Waals surface area contributed by atoms with Crippen molar-refractivity contribution in [2.24, 2.45) is 0 Å². The van der Waals surface area contributed by atoms with E-state index in [-0.39, 0.29) is 38.0 Å². The molecule has 7 nitrogen and oxygen atoms in total. The quantitative estimate of drug-likeness (QED) is 0.501. The maximum atomic E-state index is 11.5. The molecule has 1 aliphatic heterocycles. The molecule has 0 atom stereocenters. The molecule has 0 aromatic rings. The number of rotatable bonds is 6. The van der Waals surface area contributed by atoms with Crippen molar-refractivity contribution in [3.8, 4) is 0 Å². The number of carbonyl (C=O) groups is 3. The zero-order valence-corrected chi connectivity index (χ0v) is 9.73. The van der Waals surface area contributed by atoms with Gasteiger partial charge in [-0.15, -0.1) is 0 Å². The van der Waals surface area contributed by atoms with Gasteiger partial charge in [0.2, 0.25) is 5.91 Å². The minimum Gasteiger partial charge on any atom is -0.466 e. The Kier molecular flexibility index (Phi) is 5.41. The van der Waals surface area contributed by atoms with Crippen molar-refractivity contribution in [3.63, 3.8) is 0 Å². The molecule has 2 amide bonds. The molecule has 17 heavy (non-hydrogen) atoms. The average molecular weight is 244 g/mol. The Bertz CT molecular complexity index is 305. The lowest BCUT2D eigenvalue weighted by Gasteiger charge is -2.10. The molecule has 0 radical (unpaired) electrons. The largest absolute Gasteiger partial charge is 0.466 e. The number of amides is 2. The molecule has 0 saturated carbocycles. The molecule has 0 aromatic carbocycles. The summed E-state index contributed by atoms with van der Waals surface area (Å²) in [6.45, 7) is 2.96. The Morgan fingerprint density at radius 2 is 2.29 bits per heavy atom. The highest BCUT2D eigenvalue weighted by Gasteiger charge is 2.27. The molecule has 0 aliphatic carbocycles. The summed E-state index contributed by atoms with van der Waals surface area (Å²) in [4.78, 5) is 34.5. The second-order valence-electron chi connectivity index (χ2n) is 3.39. The summed E-state index contributed by atoms with van der Waals surface area (Å²) in [7, 11) is 0. The predicted octanol–water partition coefficient (Wildman–Crippen LogP) is -0.492. The minimum atomic E-state index is -0.609. The molecule has 1 heterocycles. The number of cyclic esters (lactones) is 1. The lowest BCUT2D eigenvalue weighted by atomic mass is 10.4. The number of hydrogen-bond acceptors (Lipinski definition) is 6. The van der Waals surface area contributed by atoms with Gasteiger partial charge >= 0.3 is 12.1 Å². The van der Waals surface area contributed by atoms with Gasteiger partial charge in [0, 0.05) is 6.54 Å². The van der Waals surface area contributed by atoms with Crippen LogP contribution in [0.4, 0.5) is 4.79 Å². The van der Waals surface area contributed by atoms with Crippen molar-refractivity contribution in [1.29, 1.82) is 0 Å². The molecule has 0 bridgehead atoms. The molecule has 1 N–H and O–H groups in total. The van der Waals surface area contributed by atoms with Crippen LogP contribution in [-0.2, 0) is 19.1 Å². The predicted molar refractivity (Wildman–Crippen MR) is 57.2 cm³/mol. The lowest BCUT2D eigenvalue weighted by Crippen LogP contribution is -2.39. The molecule has 1 aliphatic rings. The van der Waals surface area contributed by atoms with E-state index in [1.54, 1.807) is 6.92 Å². The van der Waals surface area contributed by atoms with Gasteiger partial charge in [-0.25, -0.2) is 9.69 Å². The van der Waals surface area contributed by atoms with Crippen LogP contribution < -0.4 is 5.32 Å². The average Bonchev–Trinajstić information content (AvgIpc) is 2.71. The molecule has 0 aromatic heterocycles. The van der Waals surface area contributed by atoms with Crippen LogP contribution in [0.3, 0.4) is 0 Å². The van der Waals surface area contributed by atoms with Crippen molar-refractivity contribution in [1.82, 2.24) is 10.2 Å². The first-order chi connectivity index (χ1) is 8.15. The fourth-order valence-electron chi connectivity index (χ4n) is 1.33. The summed E-state index contributed by atoms with van der Waals surface area (Å²) in [6.07, 6.45) is -0.409. The third-order valence-corrected chi connectivity index (χ3v) is 2.15. The first-order valence-corrected chi connectivity index (χ1v) is 5.48. The molecule has 1 rings (SSSR count). The van der Waals surface area contributed by atoms with Gasteiger partial charge in [0.25, 0.3) is 0 Å². The van der Waals surface area contributed by atoms with Crippen molar-refractivity contribution < 1.29 is 23.9 Å². The van der Waals surface area contributed by atoms with E-state index in [9.17, 15) is 14.4 Å². The molecule has 96 valence electrons. The van der Waals surface area contributed by atoms with Gasteiger partial charge < -0.3 is 14.8 Å². The smallest absolute Gasteiger partial charge is 0.416 e. The highest BCUT2D eigenvalue weighted by Crippen LogP contribution is 2.02. The number of esters is 1. The van der Waals surface area contributed by atoms with Gasteiger partial charge in [-0.3, -0.25) is 9.59 Å². The van der Waals surface area contributed by atoms with Gasteiger partial charge in [0.15, 0.2) is 0 Å². The van der Waals surface area contributed by atoms with Crippen LogP contribution in [-0.4, -0.2) is 55.7 Å². The monoisotopic (exact) mass is 244 g/mol. The van der Waals surface area contributed by atoms with Crippen molar-refractivity contribution in [2.75, 3.05) is 32.8 Å². The van der Waals surface area contributed by atoms with Crippen LogP contribution >= 0.6 is 0 Å². The molecule has 7 heteroatoms. The summed E-state index contributed by atoms with van der Waals surface area (Å²) in [5.41, 5.74) is 0. The first-order valence-electron chi connectivity index (χ1n) is 5.48. The molecule has 1 saturated heterocycles. The fraction of sp³-hybridized carbons (Fsp3) is 0.700. The normalized spacial score (nSPS) is 14.6. The molecule has 0 unspecified atom stereocenters. The minimum absolute atomic E-state index is 0.00844. The topological polar surface area (TPSA) is 84.9 Å². The molecular weight excluding hydrogens is 228 g/mol. The standard InChI is InChI=1S/C10H16N2O5/c1-2-16-9(14)3-4-11-7-8(13)12-5-6-17-10(12)15/h11H,2-7H2,1H3. The van der Waals surface area contributed by atoms with Gasteiger partial charge in [-0.05, 0) is 6.92 Å². The van der Waals surface area contributed by atoms with E-state index in [0.717, 1.165) is 4.90 Å². The SMILES string of the molecule is CCOC(=O)CCNCC(=O)N1CCOC1=O. The Morgan fingerprint density at radius 1 is 1.53 bits per heavy atom. The Morgan fingerprint density at radius 3 is 2.88 bits per heavy atom. The third-order valence-electron chi connectivity index (χ3n) is 2.15. The number of imide groups is 1. The maximum absolute atomic E-state index is 11.5. The van der Waals surface area contributed by atoms with Gasteiger partial charge in [0.05, 0.1) is 26.1 Å². The number of nitrogens with one attached hydrogen (secondary N) is 1. The number of carbonyl (C=O) groups excluding carboxylic acids is 3. The molecule has 1 fully saturated rings. The van der Waals surface area contributed by atoms with Crippen LogP contribution in [0.5, 0.6) is 0 Å². The van der Waals surface area contributed by atoms with E-state index in [0.29, 0.717) is 13.2 Å². The summed E-state index contributed by atoms with van der Waals surface area (Å²) < 4.78 is 9.34. The Labute approximate surface area is 99.0 Å². The van der Waals surface area contributed by atoms with Gasteiger partial charge in [-0.1, -0.05) is 0 Å². The van der Waals surface area contributed by atoms with Gasteiger partial charge in [0.1, 0.15) is 6.61 Å². The summed E-state index contributed by atoms with van der Waals surface area (Å²) in [6, 6.07) is 0. The Hall–Kier alpha value is -1.63. The van der Waals surface area contributed by atoms with Crippen LogP contribution in [0.25, 0.3) is 0 Å². The first kappa shape index (κ1) is 13.4. The van der Waals surface area contributed by atoms with E-state index in [4.69, 9.17) is 4.74 Å². The van der Waals surface area contributed by atoms with E-state index in [1.807, 2.05) is 0 Å². The maximum Gasteiger partial charge on any atom is 0.416 e. The second kappa shape index (κ2) is 6.85. The van der Waals surface area contributed by atoms with Crippen LogP contribution in [0.2, 0.25) is 0 Å². The Balaban J connectivity index is 2.12. The summed E-state index contributed by atoms with van der Waals surface area (Å²) >= 11 is 0. The fourth-order valence-corrected chi connectivity index (χ4v) is 1.33. The van der Waals surface area contributed by atoms with E-state index in [2.05, 4.69) is 10.1 Å². The number of nitrogens with zero attached hydrogens (tertiary/aromatic N) is 1. The van der Waals surface area contributed by atoms with Gasteiger partial charge in [-0.2, -0.15) is 0 Å². The summed E-state index contributed by atoms with van der Waals surface area (Å²) in [5, 5.41) is 2.77. The highest BCUT2D eigenvalue weighted by atomic mass is 16.6. The van der Waals surface area contributed by atoms with E-state index < -0.39 is 6.09 Å². The third kappa shape index (κ3) is 4.39. The number of ether oxygens (including phenoxy) is 2. The van der Waals surface area contributed by atoms with Crippen molar-refractivity contribution in [3.05, 3.63) is 0 Å². The zero-order chi connectivity index (χ0) is 12.7. The van der Waals surface area contributed by atoms with Crippen molar-refractivity contribution >= 4 is 18.0 Å².